The number of urea groups is 1. The molecule has 4 N–H and O–H groups in total. The minimum atomic E-state index is -1.17. The third-order valence-electron chi connectivity index (χ3n) is 2.65. The molecule has 1 aromatic rings. The third kappa shape index (κ3) is 4.44. The van der Waals surface area contributed by atoms with Crippen LogP contribution in [0.2, 0.25) is 0 Å². The topological polar surface area (TPSA) is 131 Å². The number of carbonyl (C=O) groups excluding carboxylic acids is 4. The minimum Gasteiger partial charge on any atom is -0.447 e. The summed E-state index contributed by atoms with van der Waals surface area (Å²) < 4.78 is 5.05. The normalized spacial score (nSPS) is 11.8. The summed E-state index contributed by atoms with van der Waals surface area (Å²) in [5.74, 6) is -2.18. The second kappa shape index (κ2) is 6.69. The average Bonchev–Trinajstić information content (AvgIpc) is 2.83. The Morgan fingerprint density at radius 3 is 2.33 bits per heavy atom. The molecular formula is C13H17N3O5. The summed E-state index contributed by atoms with van der Waals surface area (Å²) in [6.45, 7) is 4.65. The van der Waals surface area contributed by atoms with Crippen LogP contribution in [0, 0.1) is 5.92 Å². The SMILES string of the molecule is CC(=O)c1c[nH]c(C(=O)OC(C(=O)NC(N)=O)C(C)C)c1. The van der Waals surface area contributed by atoms with Gasteiger partial charge in [0.2, 0.25) is 0 Å². The van der Waals surface area contributed by atoms with Gasteiger partial charge in [0.05, 0.1) is 0 Å². The van der Waals surface area contributed by atoms with E-state index in [1.54, 1.807) is 13.8 Å². The van der Waals surface area contributed by atoms with E-state index in [4.69, 9.17) is 10.5 Å². The molecule has 0 bridgehead atoms. The molecule has 8 nitrogen and oxygen atoms in total. The van der Waals surface area contributed by atoms with Gasteiger partial charge in [-0.2, -0.15) is 0 Å². The molecule has 0 saturated heterocycles. The van der Waals surface area contributed by atoms with Crippen LogP contribution in [0.15, 0.2) is 12.3 Å². The molecule has 0 aliphatic carbocycles. The standard InChI is InChI=1S/C13H17N3O5/c1-6(2)10(11(18)16-13(14)20)21-12(19)9-4-8(5-15-9)7(3)17/h4-6,10,15H,1-3H3,(H3,14,16,18,20). The van der Waals surface area contributed by atoms with Gasteiger partial charge in [-0.25, -0.2) is 9.59 Å². The number of amides is 3. The fourth-order valence-electron chi connectivity index (χ4n) is 1.58. The third-order valence-corrected chi connectivity index (χ3v) is 2.65. The maximum absolute atomic E-state index is 11.9. The molecule has 0 fully saturated rings. The number of nitrogens with one attached hydrogen (secondary N) is 2. The molecule has 0 radical (unpaired) electrons. The number of nitrogens with two attached hydrogens (primary N) is 1. The van der Waals surface area contributed by atoms with Crippen LogP contribution in [0.4, 0.5) is 4.79 Å². The zero-order valence-electron chi connectivity index (χ0n) is 11.9. The van der Waals surface area contributed by atoms with Gasteiger partial charge in [0.1, 0.15) is 5.69 Å². The molecule has 0 aliphatic heterocycles. The van der Waals surface area contributed by atoms with E-state index < -0.39 is 24.0 Å². The molecule has 114 valence electrons. The van der Waals surface area contributed by atoms with E-state index in [-0.39, 0.29) is 17.4 Å². The number of aromatic amines is 1. The second-order valence-electron chi connectivity index (χ2n) is 4.78. The first-order valence-corrected chi connectivity index (χ1v) is 6.23. The molecular weight excluding hydrogens is 278 g/mol. The molecule has 0 spiro atoms. The number of Topliss-reactive ketones (excluding diaryl/α,β-unsaturated/α-hetero) is 1. The number of rotatable bonds is 5. The van der Waals surface area contributed by atoms with E-state index in [0.29, 0.717) is 5.56 Å². The van der Waals surface area contributed by atoms with E-state index in [1.807, 2.05) is 5.32 Å². The second-order valence-corrected chi connectivity index (χ2v) is 4.78. The highest BCUT2D eigenvalue weighted by Gasteiger charge is 2.28. The molecule has 1 unspecified atom stereocenters. The molecule has 1 aromatic heterocycles. The van der Waals surface area contributed by atoms with Crippen molar-refractivity contribution >= 4 is 23.7 Å². The molecule has 0 aliphatic rings. The van der Waals surface area contributed by atoms with E-state index >= 15 is 0 Å². The van der Waals surface area contributed by atoms with Gasteiger partial charge in [-0.1, -0.05) is 13.8 Å². The van der Waals surface area contributed by atoms with Crippen molar-refractivity contribution in [2.24, 2.45) is 11.7 Å². The Balaban J connectivity index is 2.83. The number of carbonyl (C=O) groups is 4. The fraction of sp³-hybridized carbons (Fsp3) is 0.385. The predicted molar refractivity (Wildman–Crippen MR) is 72.6 cm³/mol. The van der Waals surface area contributed by atoms with Crippen molar-refractivity contribution in [2.75, 3.05) is 0 Å². The van der Waals surface area contributed by atoms with Crippen LogP contribution in [0.5, 0.6) is 0 Å². The Kier molecular flexibility index (Phi) is 5.23. The van der Waals surface area contributed by atoms with Gasteiger partial charge in [0, 0.05) is 11.8 Å². The number of primary amides is 1. The summed E-state index contributed by atoms with van der Waals surface area (Å²) in [5.41, 5.74) is 5.22. The Bertz CT molecular complexity index is 576. The van der Waals surface area contributed by atoms with Crippen molar-refractivity contribution in [1.29, 1.82) is 0 Å². The molecule has 0 aromatic carbocycles. The molecule has 1 heterocycles. The lowest BCUT2D eigenvalue weighted by molar-refractivity contribution is -0.130. The van der Waals surface area contributed by atoms with Gasteiger partial charge in [0.15, 0.2) is 11.9 Å². The summed E-state index contributed by atoms with van der Waals surface area (Å²) in [4.78, 5) is 48.1. The zero-order valence-corrected chi connectivity index (χ0v) is 11.9. The maximum Gasteiger partial charge on any atom is 0.355 e. The smallest absolute Gasteiger partial charge is 0.355 e. The first-order chi connectivity index (χ1) is 9.72. The van der Waals surface area contributed by atoms with Crippen molar-refractivity contribution in [3.63, 3.8) is 0 Å². The van der Waals surface area contributed by atoms with Crippen molar-refractivity contribution in [1.82, 2.24) is 10.3 Å². The highest BCUT2D eigenvalue weighted by Crippen LogP contribution is 2.12. The lowest BCUT2D eigenvalue weighted by Crippen LogP contribution is -2.45. The number of hydrogen-bond donors (Lipinski definition) is 3. The predicted octanol–water partition coefficient (Wildman–Crippen LogP) is 0.594. The number of ether oxygens (including phenoxy) is 1. The van der Waals surface area contributed by atoms with Gasteiger partial charge >= 0.3 is 12.0 Å². The van der Waals surface area contributed by atoms with Gasteiger partial charge < -0.3 is 15.5 Å². The van der Waals surface area contributed by atoms with E-state index in [2.05, 4.69) is 4.98 Å². The zero-order chi connectivity index (χ0) is 16.2. The number of aromatic nitrogens is 1. The summed E-state index contributed by atoms with van der Waals surface area (Å²) >= 11 is 0. The molecule has 8 heteroatoms. The molecule has 1 atom stereocenters. The average molecular weight is 295 g/mol. The van der Waals surface area contributed by atoms with Crippen LogP contribution in [-0.4, -0.2) is 34.8 Å². The molecule has 3 amide bonds. The van der Waals surface area contributed by atoms with E-state index in [0.717, 1.165) is 0 Å². The first-order valence-electron chi connectivity index (χ1n) is 6.23. The Morgan fingerprint density at radius 2 is 1.90 bits per heavy atom. The molecule has 21 heavy (non-hydrogen) atoms. The number of H-pyrrole nitrogens is 1. The van der Waals surface area contributed by atoms with Crippen LogP contribution in [0.1, 0.15) is 41.6 Å². The van der Waals surface area contributed by atoms with Crippen LogP contribution in [0.25, 0.3) is 0 Å². The minimum absolute atomic E-state index is 0.0396. The summed E-state index contributed by atoms with van der Waals surface area (Å²) in [6, 6.07) is 0.300. The van der Waals surface area contributed by atoms with Crippen molar-refractivity contribution in [3.8, 4) is 0 Å². The van der Waals surface area contributed by atoms with E-state index in [9.17, 15) is 19.2 Å². The Morgan fingerprint density at radius 1 is 1.29 bits per heavy atom. The highest BCUT2D eigenvalue weighted by atomic mass is 16.5. The largest absolute Gasteiger partial charge is 0.447 e. The van der Waals surface area contributed by atoms with Gasteiger partial charge in [-0.05, 0) is 18.9 Å². The lowest BCUT2D eigenvalue weighted by Gasteiger charge is -2.19. The molecule has 1 rings (SSSR count). The number of imide groups is 1. The Labute approximate surface area is 121 Å². The fourth-order valence-corrected chi connectivity index (χ4v) is 1.58. The first kappa shape index (κ1) is 16.4. The highest BCUT2D eigenvalue weighted by molar-refractivity contribution is 5.99. The summed E-state index contributed by atoms with van der Waals surface area (Å²) in [6.07, 6.45) is 0.196. The van der Waals surface area contributed by atoms with Gasteiger partial charge in [0.25, 0.3) is 5.91 Å². The number of ketones is 1. The number of esters is 1. The monoisotopic (exact) mass is 295 g/mol. The van der Waals surface area contributed by atoms with Crippen LogP contribution in [0.3, 0.4) is 0 Å². The van der Waals surface area contributed by atoms with Crippen molar-refractivity contribution in [3.05, 3.63) is 23.5 Å². The molecule has 0 saturated carbocycles. The van der Waals surface area contributed by atoms with Crippen molar-refractivity contribution < 1.29 is 23.9 Å². The van der Waals surface area contributed by atoms with E-state index in [1.165, 1.54) is 19.2 Å². The maximum atomic E-state index is 11.9. The Hall–Kier alpha value is -2.64. The van der Waals surface area contributed by atoms with Gasteiger partial charge in [-0.3, -0.25) is 14.9 Å². The lowest BCUT2D eigenvalue weighted by atomic mass is 10.1. The van der Waals surface area contributed by atoms with Crippen molar-refractivity contribution in [2.45, 2.75) is 26.9 Å². The van der Waals surface area contributed by atoms with Crippen LogP contribution >= 0.6 is 0 Å². The van der Waals surface area contributed by atoms with Crippen LogP contribution < -0.4 is 11.1 Å². The summed E-state index contributed by atoms with van der Waals surface area (Å²) in [5, 5.41) is 1.86. The summed E-state index contributed by atoms with van der Waals surface area (Å²) in [7, 11) is 0. The van der Waals surface area contributed by atoms with Crippen LogP contribution in [-0.2, 0) is 9.53 Å². The van der Waals surface area contributed by atoms with Gasteiger partial charge in [-0.15, -0.1) is 0 Å². The number of hydrogen-bond acceptors (Lipinski definition) is 5. The quantitative estimate of drug-likeness (QED) is 0.540.